The molecule has 1 aliphatic heterocycles. The zero-order valence-corrected chi connectivity index (χ0v) is 15.9. The average Bonchev–Trinajstić information content (AvgIpc) is 2.58. The SMILES string of the molecule is Cc1ncc(C(=O)NC(C)c2ccc3c(c2)NC(=O)CO3)c(Cl)c1Br. The number of fused-ring (bicyclic) bond motifs is 1. The summed E-state index contributed by atoms with van der Waals surface area (Å²) < 4.78 is 5.93. The number of nitrogens with one attached hydrogen (secondary N) is 2. The Morgan fingerprint density at radius 1 is 1.48 bits per heavy atom. The highest BCUT2D eigenvalue weighted by Gasteiger charge is 2.20. The normalized spacial score (nSPS) is 14.2. The molecule has 1 aromatic carbocycles. The molecule has 2 heterocycles. The van der Waals surface area contributed by atoms with Gasteiger partial charge in [0.1, 0.15) is 5.75 Å². The molecule has 0 bridgehead atoms. The summed E-state index contributed by atoms with van der Waals surface area (Å²) in [5.41, 5.74) is 2.42. The first kappa shape index (κ1) is 17.7. The predicted molar refractivity (Wildman–Crippen MR) is 98.1 cm³/mol. The number of aryl methyl sites for hydroxylation is 1. The third kappa shape index (κ3) is 3.62. The van der Waals surface area contributed by atoms with Gasteiger partial charge < -0.3 is 15.4 Å². The van der Waals surface area contributed by atoms with Gasteiger partial charge >= 0.3 is 0 Å². The Labute approximate surface area is 158 Å². The minimum absolute atomic E-state index is 0.00639. The van der Waals surface area contributed by atoms with Crippen molar-refractivity contribution >= 4 is 45.0 Å². The molecular weight excluding hydrogens is 410 g/mol. The average molecular weight is 425 g/mol. The van der Waals surface area contributed by atoms with Crippen molar-refractivity contribution in [3.05, 3.63) is 50.7 Å². The number of hydrogen-bond acceptors (Lipinski definition) is 4. The molecule has 1 aliphatic rings. The van der Waals surface area contributed by atoms with E-state index in [4.69, 9.17) is 16.3 Å². The third-order valence-electron chi connectivity index (χ3n) is 3.86. The molecule has 1 unspecified atom stereocenters. The Morgan fingerprint density at radius 3 is 3.00 bits per heavy atom. The van der Waals surface area contributed by atoms with Crippen molar-refractivity contribution in [3.63, 3.8) is 0 Å². The summed E-state index contributed by atoms with van der Waals surface area (Å²) >= 11 is 9.55. The molecule has 25 heavy (non-hydrogen) atoms. The Morgan fingerprint density at radius 2 is 2.24 bits per heavy atom. The Balaban J connectivity index is 1.79. The lowest BCUT2D eigenvalue weighted by atomic mass is 10.1. The lowest BCUT2D eigenvalue weighted by molar-refractivity contribution is -0.118. The summed E-state index contributed by atoms with van der Waals surface area (Å²) in [6, 6.07) is 5.09. The predicted octanol–water partition coefficient (Wildman–Crippen LogP) is 3.63. The molecular formula is C17H15BrClN3O3. The maximum atomic E-state index is 12.5. The number of carbonyl (C=O) groups is 2. The van der Waals surface area contributed by atoms with Crippen LogP contribution in [0.2, 0.25) is 5.02 Å². The van der Waals surface area contributed by atoms with Crippen LogP contribution in [0.25, 0.3) is 0 Å². The number of hydrogen-bond donors (Lipinski definition) is 2. The maximum Gasteiger partial charge on any atom is 0.262 e. The van der Waals surface area contributed by atoms with Crippen LogP contribution >= 0.6 is 27.5 Å². The summed E-state index contributed by atoms with van der Waals surface area (Å²) in [7, 11) is 0. The van der Waals surface area contributed by atoms with Gasteiger partial charge in [-0.05, 0) is 47.5 Å². The zero-order valence-electron chi connectivity index (χ0n) is 13.5. The summed E-state index contributed by atoms with van der Waals surface area (Å²) in [4.78, 5) is 28.1. The van der Waals surface area contributed by atoms with E-state index in [1.54, 1.807) is 19.1 Å². The van der Waals surface area contributed by atoms with Crippen molar-refractivity contribution in [1.29, 1.82) is 0 Å². The minimum atomic E-state index is -0.330. The van der Waals surface area contributed by atoms with Crippen LogP contribution < -0.4 is 15.4 Å². The van der Waals surface area contributed by atoms with Crippen LogP contribution in [-0.2, 0) is 4.79 Å². The zero-order chi connectivity index (χ0) is 18.1. The van der Waals surface area contributed by atoms with Crippen LogP contribution in [0.5, 0.6) is 5.75 Å². The van der Waals surface area contributed by atoms with Gasteiger partial charge in [0.25, 0.3) is 11.8 Å². The molecule has 8 heteroatoms. The molecule has 0 saturated heterocycles. The van der Waals surface area contributed by atoms with Crippen LogP contribution in [0.4, 0.5) is 5.69 Å². The fourth-order valence-electron chi connectivity index (χ4n) is 2.44. The molecule has 0 saturated carbocycles. The van der Waals surface area contributed by atoms with Crippen LogP contribution in [0.3, 0.4) is 0 Å². The summed E-state index contributed by atoms with van der Waals surface area (Å²) in [6.07, 6.45) is 1.45. The van der Waals surface area contributed by atoms with Gasteiger partial charge in [0.15, 0.2) is 6.61 Å². The standard InChI is InChI=1S/C17H15BrClN3O3/c1-8(10-3-4-13-12(5-10)22-14(23)7-25-13)21-17(24)11-6-20-9(2)15(18)16(11)19/h3-6,8H,7H2,1-2H3,(H,21,24)(H,22,23). The van der Waals surface area contributed by atoms with Crippen molar-refractivity contribution in [1.82, 2.24) is 10.3 Å². The number of benzene rings is 1. The quantitative estimate of drug-likeness (QED) is 0.788. The Hall–Kier alpha value is -2.12. The molecule has 0 fully saturated rings. The summed E-state index contributed by atoms with van der Waals surface area (Å²) in [5.74, 6) is 0.0731. The molecule has 2 amide bonds. The number of pyridine rings is 1. The van der Waals surface area contributed by atoms with Crippen molar-refractivity contribution in [2.24, 2.45) is 0 Å². The monoisotopic (exact) mass is 423 g/mol. The number of anilines is 1. The fraction of sp³-hybridized carbons (Fsp3) is 0.235. The van der Waals surface area contributed by atoms with Gasteiger partial charge in [0.2, 0.25) is 0 Å². The first-order valence-corrected chi connectivity index (χ1v) is 8.72. The molecule has 2 aromatic rings. The van der Waals surface area contributed by atoms with E-state index in [0.717, 1.165) is 5.56 Å². The van der Waals surface area contributed by atoms with Gasteiger partial charge in [-0.1, -0.05) is 17.7 Å². The number of ether oxygens (including phenoxy) is 1. The molecule has 6 nitrogen and oxygen atoms in total. The van der Waals surface area contributed by atoms with Gasteiger partial charge in [-0.25, -0.2) is 0 Å². The van der Waals surface area contributed by atoms with E-state index < -0.39 is 0 Å². The minimum Gasteiger partial charge on any atom is -0.482 e. The first-order chi connectivity index (χ1) is 11.9. The second kappa shape index (κ2) is 7.01. The third-order valence-corrected chi connectivity index (χ3v) is 5.45. The van der Waals surface area contributed by atoms with Gasteiger partial charge in [-0.15, -0.1) is 0 Å². The van der Waals surface area contributed by atoms with Crippen LogP contribution in [-0.4, -0.2) is 23.4 Å². The molecule has 0 spiro atoms. The highest BCUT2D eigenvalue weighted by molar-refractivity contribution is 9.10. The highest BCUT2D eigenvalue weighted by atomic mass is 79.9. The van der Waals surface area contributed by atoms with Crippen LogP contribution in [0, 0.1) is 6.92 Å². The second-order valence-corrected chi connectivity index (χ2v) is 6.84. The molecule has 0 aliphatic carbocycles. The van der Waals surface area contributed by atoms with Crippen LogP contribution in [0.15, 0.2) is 28.9 Å². The summed E-state index contributed by atoms with van der Waals surface area (Å²) in [5, 5.41) is 5.95. The lowest BCUT2D eigenvalue weighted by Crippen LogP contribution is -2.28. The first-order valence-electron chi connectivity index (χ1n) is 7.55. The van der Waals surface area contributed by atoms with E-state index in [-0.39, 0.29) is 24.5 Å². The number of amides is 2. The number of nitrogens with zero attached hydrogens (tertiary/aromatic N) is 1. The van der Waals surface area contributed by atoms with E-state index in [1.165, 1.54) is 6.20 Å². The van der Waals surface area contributed by atoms with Gasteiger partial charge in [-0.2, -0.15) is 0 Å². The molecule has 3 rings (SSSR count). The van der Waals surface area contributed by atoms with Gasteiger partial charge in [-0.3, -0.25) is 14.6 Å². The smallest absolute Gasteiger partial charge is 0.262 e. The Kier molecular flexibility index (Phi) is 4.96. The second-order valence-electron chi connectivity index (χ2n) is 5.67. The van der Waals surface area contributed by atoms with E-state index in [1.807, 2.05) is 13.0 Å². The van der Waals surface area contributed by atoms with E-state index in [0.29, 0.717) is 32.2 Å². The van der Waals surface area contributed by atoms with Crippen molar-refractivity contribution in [3.8, 4) is 5.75 Å². The maximum absolute atomic E-state index is 12.5. The van der Waals surface area contributed by atoms with E-state index >= 15 is 0 Å². The summed E-state index contributed by atoms with van der Waals surface area (Å²) in [6.45, 7) is 3.64. The van der Waals surface area contributed by atoms with Gasteiger partial charge in [0.05, 0.1) is 32.5 Å². The molecule has 1 aromatic heterocycles. The largest absolute Gasteiger partial charge is 0.482 e. The van der Waals surface area contributed by atoms with Crippen molar-refractivity contribution < 1.29 is 14.3 Å². The number of halogens is 2. The number of aromatic nitrogens is 1. The lowest BCUT2D eigenvalue weighted by Gasteiger charge is -2.21. The highest BCUT2D eigenvalue weighted by Crippen LogP contribution is 2.31. The molecule has 2 N–H and O–H groups in total. The topological polar surface area (TPSA) is 80.3 Å². The van der Waals surface area contributed by atoms with Crippen molar-refractivity contribution in [2.75, 3.05) is 11.9 Å². The molecule has 0 radical (unpaired) electrons. The van der Waals surface area contributed by atoms with Gasteiger partial charge in [0, 0.05) is 6.20 Å². The number of carbonyl (C=O) groups excluding carboxylic acids is 2. The molecule has 1 atom stereocenters. The fourth-order valence-corrected chi connectivity index (χ4v) is 3.03. The number of rotatable bonds is 3. The van der Waals surface area contributed by atoms with Crippen LogP contribution in [0.1, 0.15) is 34.6 Å². The van der Waals surface area contributed by atoms with E-state index in [9.17, 15) is 9.59 Å². The van der Waals surface area contributed by atoms with Crippen molar-refractivity contribution in [2.45, 2.75) is 19.9 Å². The Bertz CT molecular complexity index is 872. The molecule has 130 valence electrons. The van der Waals surface area contributed by atoms with E-state index in [2.05, 4.69) is 31.5 Å².